The summed E-state index contributed by atoms with van der Waals surface area (Å²) in [4.78, 5) is 25.0. The van der Waals surface area contributed by atoms with Crippen LogP contribution in [0.25, 0.3) is 11.0 Å². The van der Waals surface area contributed by atoms with Gasteiger partial charge in [0.25, 0.3) is 0 Å². The molecule has 0 saturated heterocycles. The SMILES string of the molecule is COCCCNC(=O)Cc1c(C)c2c(OC)cc3c(c2oc1=O)CCC(C)(C)O3. The van der Waals surface area contributed by atoms with Crippen LogP contribution in [0.1, 0.15) is 43.4 Å². The van der Waals surface area contributed by atoms with Crippen molar-refractivity contribution in [3.63, 3.8) is 0 Å². The summed E-state index contributed by atoms with van der Waals surface area (Å²) in [6.45, 7) is 6.95. The van der Waals surface area contributed by atoms with Gasteiger partial charge in [-0.1, -0.05) is 0 Å². The fourth-order valence-corrected chi connectivity index (χ4v) is 3.71. The molecule has 1 amide bonds. The molecular formula is C22H29NO6. The minimum Gasteiger partial charge on any atom is -0.496 e. The second kappa shape index (κ2) is 8.45. The number of amides is 1. The maximum atomic E-state index is 12.7. The van der Waals surface area contributed by atoms with Crippen LogP contribution in [0.2, 0.25) is 0 Å². The van der Waals surface area contributed by atoms with E-state index in [0.717, 1.165) is 23.8 Å². The van der Waals surface area contributed by atoms with Crippen molar-refractivity contribution in [2.75, 3.05) is 27.4 Å². The lowest BCUT2D eigenvalue weighted by atomic mass is 9.91. The Bertz CT molecular complexity index is 976. The van der Waals surface area contributed by atoms with Gasteiger partial charge in [-0.15, -0.1) is 0 Å². The van der Waals surface area contributed by atoms with E-state index in [1.807, 2.05) is 26.8 Å². The molecule has 0 saturated carbocycles. The molecular weight excluding hydrogens is 374 g/mol. The van der Waals surface area contributed by atoms with E-state index in [2.05, 4.69) is 5.32 Å². The highest BCUT2D eigenvalue weighted by Crippen LogP contribution is 2.43. The molecule has 1 aromatic heterocycles. The highest BCUT2D eigenvalue weighted by Gasteiger charge is 2.31. The molecule has 0 fully saturated rings. The lowest BCUT2D eigenvalue weighted by Gasteiger charge is -2.33. The number of fused-ring (bicyclic) bond motifs is 3. The van der Waals surface area contributed by atoms with Crippen molar-refractivity contribution in [2.45, 2.75) is 52.1 Å². The van der Waals surface area contributed by atoms with E-state index < -0.39 is 5.63 Å². The van der Waals surface area contributed by atoms with Crippen molar-refractivity contribution >= 4 is 16.9 Å². The topological polar surface area (TPSA) is 87.0 Å². The number of carbonyl (C=O) groups excluding carboxylic acids is 1. The molecule has 1 N–H and O–H groups in total. The summed E-state index contributed by atoms with van der Waals surface area (Å²) in [6, 6.07) is 1.85. The lowest BCUT2D eigenvalue weighted by molar-refractivity contribution is -0.120. The van der Waals surface area contributed by atoms with Crippen molar-refractivity contribution in [1.29, 1.82) is 0 Å². The van der Waals surface area contributed by atoms with E-state index in [4.69, 9.17) is 18.6 Å². The first-order valence-corrected chi connectivity index (χ1v) is 9.88. The number of aryl methyl sites for hydroxylation is 2. The van der Waals surface area contributed by atoms with E-state index in [1.54, 1.807) is 14.2 Å². The van der Waals surface area contributed by atoms with Gasteiger partial charge in [-0.05, 0) is 45.6 Å². The molecule has 7 heteroatoms. The summed E-state index contributed by atoms with van der Waals surface area (Å²) in [6.07, 6.45) is 2.23. The van der Waals surface area contributed by atoms with Gasteiger partial charge in [0.05, 0.1) is 24.5 Å². The second-order valence-electron chi connectivity index (χ2n) is 7.99. The second-order valence-corrected chi connectivity index (χ2v) is 7.99. The standard InChI is InChI=1S/C22H29NO6/c1-13-15(11-18(24)23-9-6-10-26-4)21(25)28-20-14-7-8-22(2,3)29-16(14)12-17(27-5)19(13)20/h12H,6-11H2,1-5H3,(H,23,24). The normalized spacial score (nSPS) is 14.9. The maximum absolute atomic E-state index is 12.7. The van der Waals surface area contributed by atoms with Gasteiger partial charge in [-0.25, -0.2) is 4.79 Å². The van der Waals surface area contributed by atoms with Crippen LogP contribution in [0.15, 0.2) is 15.3 Å². The highest BCUT2D eigenvalue weighted by atomic mass is 16.5. The predicted molar refractivity (Wildman–Crippen MR) is 110 cm³/mol. The van der Waals surface area contributed by atoms with Crippen molar-refractivity contribution in [3.05, 3.63) is 33.2 Å². The third-order valence-corrected chi connectivity index (χ3v) is 5.34. The van der Waals surface area contributed by atoms with E-state index in [0.29, 0.717) is 47.8 Å². The monoisotopic (exact) mass is 403 g/mol. The highest BCUT2D eigenvalue weighted by molar-refractivity contribution is 5.93. The number of methoxy groups -OCH3 is 2. The van der Waals surface area contributed by atoms with E-state index in [9.17, 15) is 9.59 Å². The number of ether oxygens (including phenoxy) is 3. The predicted octanol–water partition coefficient (Wildman–Crippen LogP) is 2.91. The molecule has 0 atom stereocenters. The number of carbonyl (C=O) groups is 1. The van der Waals surface area contributed by atoms with Crippen LogP contribution >= 0.6 is 0 Å². The minimum atomic E-state index is -0.498. The quantitative estimate of drug-likeness (QED) is 0.565. The molecule has 0 unspecified atom stereocenters. The van der Waals surface area contributed by atoms with E-state index >= 15 is 0 Å². The zero-order valence-corrected chi connectivity index (χ0v) is 17.8. The number of rotatable bonds is 7. The fourth-order valence-electron chi connectivity index (χ4n) is 3.71. The Balaban J connectivity index is 2.00. The van der Waals surface area contributed by atoms with E-state index in [1.165, 1.54) is 0 Å². The molecule has 1 aliphatic heterocycles. The summed E-state index contributed by atoms with van der Waals surface area (Å²) in [5.41, 5.74) is 1.62. The van der Waals surface area contributed by atoms with Gasteiger partial charge in [0, 0.05) is 31.9 Å². The summed E-state index contributed by atoms with van der Waals surface area (Å²) in [5, 5.41) is 3.52. The molecule has 2 aromatic rings. The Morgan fingerprint density at radius 3 is 2.76 bits per heavy atom. The fraction of sp³-hybridized carbons (Fsp3) is 0.545. The van der Waals surface area contributed by atoms with Gasteiger partial charge in [-0.3, -0.25) is 4.79 Å². The van der Waals surface area contributed by atoms with Crippen molar-refractivity contribution in [2.24, 2.45) is 0 Å². The van der Waals surface area contributed by atoms with E-state index in [-0.39, 0.29) is 17.9 Å². The third-order valence-electron chi connectivity index (χ3n) is 5.34. The van der Waals surface area contributed by atoms with Crippen LogP contribution in [-0.4, -0.2) is 38.9 Å². The Morgan fingerprint density at radius 1 is 1.31 bits per heavy atom. The molecule has 1 aliphatic rings. The number of hydrogen-bond acceptors (Lipinski definition) is 6. The molecule has 0 bridgehead atoms. The number of benzene rings is 1. The van der Waals surface area contributed by atoms with Crippen LogP contribution in [0.5, 0.6) is 11.5 Å². The molecule has 1 aromatic carbocycles. The molecule has 0 radical (unpaired) electrons. The molecule has 2 heterocycles. The van der Waals surface area contributed by atoms with Crippen LogP contribution in [0.3, 0.4) is 0 Å². The zero-order valence-electron chi connectivity index (χ0n) is 17.8. The number of hydrogen-bond donors (Lipinski definition) is 1. The molecule has 29 heavy (non-hydrogen) atoms. The van der Waals surface area contributed by atoms with Gasteiger partial charge < -0.3 is 23.9 Å². The largest absolute Gasteiger partial charge is 0.496 e. The molecule has 0 spiro atoms. The van der Waals surface area contributed by atoms with Gasteiger partial charge in [-0.2, -0.15) is 0 Å². The van der Waals surface area contributed by atoms with Crippen LogP contribution < -0.4 is 20.4 Å². The van der Waals surface area contributed by atoms with Crippen molar-refractivity contribution < 1.29 is 23.4 Å². The molecule has 0 aliphatic carbocycles. The first kappa shape index (κ1) is 21.2. The van der Waals surface area contributed by atoms with Gasteiger partial charge in [0.1, 0.15) is 22.7 Å². The average molecular weight is 403 g/mol. The zero-order chi connectivity index (χ0) is 21.2. The molecule has 7 nitrogen and oxygen atoms in total. The molecule has 3 rings (SSSR count). The van der Waals surface area contributed by atoms with Crippen LogP contribution in [0.4, 0.5) is 0 Å². The van der Waals surface area contributed by atoms with Gasteiger partial charge in [0.15, 0.2) is 0 Å². The third kappa shape index (κ3) is 4.40. The summed E-state index contributed by atoms with van der Waals surface area (Å²) in [5.74, 6) is 1.02. The Hall–Kier alpha value is -2.54. The lowest BCUT2D eigenvalue weighted by Crippen LogP contribution is -2.33. The van der Waals surface area contributed by atoms with Gasteiger partial charge >= 0.3 is 5.63 Å². The maximum Gasteiger partial charge on any atom is 0.340 e. The Kier molecular flexibility index (Phi) is 6.17. The smallest absolute Gasteiger partial charge is 0.340 e. The van der Waals surface area contributed by atoms with Crippen molar-refractivity contribution in [3.8, 4) is 11.5 Å². The first-order valence-electron chi connectivity index (χ1n) is 9.88. The Morgan fingerprint density at radius 2 is 2.07 bits per heavy atom. The van der Waals surface area contributed by atoms with Crippen LogP contribution in [0, 0.1) is 6.92 Å². The minimum absolute atomic E-state index is 0.0408. The Labute approximate surface area is 170 Å². The molecule has 158 valence electrons. The summed E-state index contributed by atoms with van der Waals surface area (Å²) in [7, 11) is 3.19. The average Bonchev–Trinajstić information content (AvgIpc) is 2.66. The van der Waals surface area contributed by atoms with Gasteiger partial charge in [0.2, 0.25) is 5.91 Å². The van der Waals surface area contributed by atoms with Crippen molar-refractivity contribution in [1.82, 2.24) is 5.32 Å². The summed E-state index contributed by atoms with van der Waals surface area (Å²) < 4.78 is 22.4. The first-order chi connectivity index (χ1) is 13.8. The summed E-state index contributed by atoms with van der Waals surface area (Å²) >= 11 is 0. The number of nitrogens with one attached hydrogen (secondary N) is 1. The van der Waals surface area contributed by atoms with Crippen LogP contribution in [-0.2, 0) is 22.4 Å².